The van der Waals surface area contributed by atoms with Crippen molar-refractivity contribution in [3.05, 3.63) is 35.9 Å². The molecule has 0 spiro atoms. The SMILES string of the molecule is CC1NC(=O)OC1(C)c1ccccc1. The first-order valence-electron chi connectivity index (χ1n) is 4.68. The fourth-order valence-electron chi connectivity index (χ4n) is 1.70. The lowest BCUT2D eigenvalue weighted by atomic mass is 9.90. The Morgan fingerprint density at radius 1 is 1.36 bits per heavy atom. The summed E-state index contributed by atoms with van der Waals surface area (Å²) in [7, 11) is 0. The van der Waals surface area contributed by atoms with Crippen molar-refractivity contribution in [3.63, 3.8) is 0 Å². The summed E-state index contributed by atoms with van der Waals surface area (Å²) >= 11 is 0. The second-order valence-corrected chi connectivity index (χ2v) is 3.73. The van der Waals surface area contributed by atoms with Gasteiger partial charge in [-0.2, -0.15) is 0 Å². The summed E-state index contributed by atoms with van der Waals surface area (Å²) < 4.78 is 5.30. The van der Waals surface area contributed by atoms with E-state index in [2.05, 4.69) is 5.32 Å². The maximum Gasteiger partial charge on any atom is 0.408 e. The lowest BCUT2D eigenvalue weighted by molar-refractivity contribution is 0.0533. The van der Waals surface area contributed by atoms with Crippen LogP contribution in [-0.4, -0.2) is 12.1 Å². The summed E-state index contributed by atoms with van der Waals surface area (Å²) in [4.78, 5) is 11.1. The van der Waals surface area contributed by atoms with E-state index in [9.17, 15) is 4.79 Å². The maximum absolute atomic E-state index is 11.1. The minimum absolute atomic E-state index is 0.00241. The van der Waals surface area contributed by atoms with Crippen molar-refractivity contribution in [1.29, 1.82) is 0 Å². The molecule has 0 aromatic heterocycles. The molecule has 1 aromatic rings. The first-order valence-corrected chi connectivity index (χ1v) is 4.68. The molecule has 0 radical (unpaired) electrons. The van der Waals surface area contributed by atoms with Crippen molar-refractivity contribution in [2.45, 2.75) is 25.5 Å². The molecular formula is C11H13NO2. The molecule has 3 heteroatoms. The van der Waals surface area contributed by atoms with Gasteiger partial charge in [0.05, 0.1) is 6.04 Å². The van der Waals surface area contributed by atoms with Crippen LogP contribution in [0.4, 0.5) is 4.79 Å². The Bertz CT molecular complexity index is 350. The number of amides is 1. The lowest BCUT2D eigenvalue weighted by Gasteiger charge is -2.26. The second kappa shape index (κ2) is 3.01. The number of ether oxygens (including phenoxy) is 1. The standard InChI is InChI=1S/C11H13NO2/c1-8-11(2,14-10(13)12-8)9-6-4-3-5-7-9/h3-8H,1-2H3,(H,12,13). The molecule has 1 saturated heterocycles. The van der Waals surface area contributed by atoms with E-state index in [1.165, 1.54) is 0 Å². The summed E-state index contributed by atoms with van der Waals surface area (Å²) in [5, 5.41) is 2.74. The van der Waals surface area contributed by atoms with Gasteiger partial charge in [-0.3, -0.25) is 0 Å². The number of carbonyl (C=O) groups is 1. The van der Waals surface area contributed by atoms with Crippen LogP contribution >= 0.6 is 0 Å². The first-order chi connectivity index (χ1) is 6.63. The van der Waals surface area contributed by atoms with Gasteiger partial charge in [-0.15, -0.1) is 0 Å². The number of alkyl carbamates (subject to hydrolysis) is 1. The predicted octanol–water partition coefficient (Wildman–Crippen LogP) is 2.03. The third-order valence-corrected chi connectivity index (χ3v) is 2.81. The number of cyclic esters (lactones) is 1. The number of rotatable bonds is 1. The Morgan fingerprint density at radius 3 is 2.50 bits per heavy atom. The van der Waals surface area contributed by atoms with Crippen LogP contribution in [0.1, 0.15) is 19.4 Å². The molecule has 1 aliphatic heterocycles. The van der Waals surface area contributed by atoms with E-state index < -0.39 is 5.60 Å². The van der Waals surface area contributed by atoms with Crippen LogP contribution in [0.2, 0.25) is 0 Å². The molecule has 1 heterocycles. The number of hydrogen-bond donors (Lipinski definition) is 1. The summed E-state index contributed by atoms with van der Waals surface area (Å²) in [5.41, 5.74) is 0.476. The number of hydrogen-bond acceptors (Lipinski definition) is 2. The van der Waals surface area contributed by atoms with Crippen molar-refractivity contribution >= 4 is 6.09 Å². The Balaban J connectivity index is 2.38. The normalized spacial score (nSPS) is 31.0. The van der Waals surface area contributed by atoms with E-state index in [-0.39, 0.29) is 12.1 Å². The Hall–Kier alpha value is -1.51. The Kier molecular flexibility index (Phi) is 1.95. The van der Waals surface area contributed by atoms with Crippen LogP contribution < -0.4 is 5.32 Å². The molecule has 1 aliphatic rings. The highest BCUT2D eigenvalue weighted by atomic mass is 16.6. The van der Waals surface area contributed by atoms with Crippen molar-refractivity contribution in [3.8, 4) is 0 Å². The molecule has 2 unspecified atom stereocenters. The van der Waals surface area contributed by atoms with Crippen LogP contribution in [0.3, 0.4) is 0 Å². The minimum atomic E-state index is -0.543. The van der Waals surface area contributed by atoms with Gasteiger partial charge in [-0.1, -0.05) is 30.3 Å². The van der Waals surface area contributed by atoms with E-state index >= 15 is 0 Å². The third-order valence-electron chi connectivity index (χ3n) is 2.81. The lowest BCUT2D eigenvalue weighted by Crippen LogP contribution is -2.36. The van der Waals surface area contributed by atoms with Crippen LogP contribution in [0.25, 0.3) is 0 Å². The average molecular weight is 191 g/mol. The molecule has 0 bridgehead atoms. The zero-order valence-corrected chi connectivity index (χ0v) is 8.28. The third kappa shape index (κ3) is 1.25. The van der Waals surface area contributed by atoms with E-state index in [1.807, 2.05) is 44.2 Å². The van der Waals surface area contributed by atoms with Crippen molar-refractivity contribution in [2.24, 2.45) is 0 Å². The highest BCUT2D eigenvalue weighted by Gasteiger charge is 2.43. The van der Waals surface area contributed by atoms with Gasteiger partial charge in [-0.05, 0) is 19.4 Å². The molecule has 74 valence electrons. The quantitative estimate of drug-likeness (QED) is 0.737. The fraction of sp³-hybridized carbons (Fsp3) is 0.364. The van der Waals surface area contributed by atoms with Gasteiger partial charge < -0.3 is 10.1 Å². The van der Waals surface area contributed by atoms with Crippen molar-refractivity contribution in [2.75, 3.05) is 0 Å². The Labute approximate surface area is 83.1 Å². The second-order valence-electron chi connectivity index (χ2n) is 3.73. The number of benzene rings is 1. The summed E-state index contributed by atoms with van der Waals surface area (Å²) in [6, 6.07) is 9.77. The van der Waals surface area contributed by atoms with E-state index in [0.717, 1.165) is 5.56 Å². The van der Waals surface area contributed by atoms with Crippen LogP contribution in [0, 0.1) is 0 Å². The van der Waals surface area contributed by atoms with Gasteiger partial charge in [0.15, 0.2) is 5.60 Å². The van der Waals surface area contributed by atoms with Gasteiger partial charge >= 0.3 is 6.09 Å². The largest absolute Gasteiger partial charge is 0.436 e. The van der Waals surface area contributed by atoms with E-state index in [4.69, 9.17) is 4.74 Å². The summed E-state index contributed by atoms with van der Waals surface area (Å²) in [6.45, 7) is 3.86. The van der Waals surface area contributed by atoms with E-state index in [0.29, 0.717) is 0 Å². The average Bonchev–Trinajstić information content (AvgIpc) is 2.43. The van der Waals surface area contributed by atoms with Crippen LogP contribution in [0.15, 0.2) is 30.3 Å². The number of nitrogens with one attached hydrogen (secondary N) is 1. The molecule has 2 rings (SSSR count). The van der Waals surface area contributed by atoms with Gasteiger partial charge in [0, 0.05) is 0 Å². The molecular weight excluding hydrogens is 178 g/mol. The van der Waals surface area contributed by atoms with Gasteiger partial charge in [-0.25, -0.2) is 4.79 Å². The highest BCUT2D eigenvalue weighted by Crippen LogP contribution is 2.32. The van der Waals surface area contributed by atoms with Crippen LogP contribution in [0.5, 0.6) is 0 Å². The predicted molar refractivity (Wildman–Crippen MR) is 52.9 cm³/mol. The topological polar surface area (TPSA) is 38.3 Å². The molecule has 1 aromatic carbocycles. The highest BCUT2D eigenvalue weighted by molar-refractivity contribution is 5.71. The summed E-state index contributed by atoms with van der Waals surface area (Å²) in [5.74, 6) is 0. The molecule has 0 aliphatic carbocycles. The molecule has 1 fully saturated rings. The number of carbonyl (C=O) groups excluding carboxylic acids is 1. The van der Waals surface area contributed by atoms with E-state index in [1.54, 1.807) is 0 Å². The summed E-state index contributed by atoms with van der Waals surface area (Å²) in [6.07, 6.45) is -0.344. The minimum Gasteiger partial charge on any atom is -0.436 e. The van der Waals surface area contributed by atoms with Crippen molar-refractivity contribution in [1.82, 2.24) is 5.32 Å². The first kappa shape index (κ1) is 9.06. The van der Waals surface area contributed by atoms with Gasteiger partial charge in [0.25, 0.3) is 0 Å². The fourth-order valence-corrected chi connectivity index (χ4v) is 1.70. The van der Waals surface area contributed by atoms with Crippen molar-refractivity contribution < 1.29 is 9.53 Å². The molecule has 1 N–H and O–H groups in total. The van der Waals surface area contributed by atoms with Crippen LogP contribution in [-0.2, 0) is 10.3 Å². The zero-order valence-electron chi connectivity index (χ0n) is 8.28. The maximum atomic E-state index is 11.1. The van der Waals surface area contributed by atoms with Gasteiger partial charge in [0.1, 0.15) is 0 Å². The molecule has 1 amide bonds. The molecule has 0 saturated carbocycles. The Morgan fingerprint density at radius 2 is 2.00 bits per heavy atom. The zero-order chi connectivity index (χ0) is 10.2. The van der Waals surface area contributed by atoms with Gasteiger partial charge in [0.2, 0.25) is 0 Å². The molecule has 2 atom stereocenters. The smallest absolute Gasteiger partial charge is 0.408 e. The molecule has 3 nitrogen and oxygen atoms in total. The monoisotopic (exact) mass is 191 g/mol. The molecule has 14 heavy (non-hydrogen) atoms.